The summed E-state index contributed by atoms with van der Waals surface area (Å²) in [5.41, 5.74) is 6.32. The molecule has 0 spiro atoms. The lowest BCUT2D eigenvalue weighted by atomic mass is 9.85. The topological polar surface area (TPSA) is 76.7 Å². The van der Waals surface area contributed by atoms with Gasteiger partial charge in [0, 0.05) is 6.54 Å². The summed E-state index contributed by atoms with van der Waals surface area (Å²) >= 11 is 0. The Morgan fingerprint density at radius 2 is 1.80 bits per heavy atom. The zero-order valence-corrected chi connectivity index (χ0v) is 12.6. The number of fused-ring (bicyclic) bond motifs is 1. The van der Waals surface area contributed by atoms with Gasteiger partial charge in [-0.1, -0.05) is 27.7 Å². The molecule has 0 aliphatic rings. The molecule has 0 aromatic carbocycles. The molecule has 0 aliphatic carbocycles. The molecule has 2 aromatic rings. The Kier molecular flexibility index (Phi) is 4.37. The summed E-state index contributed by atoms with van der Waals surface area (Å²) in [5, 5.41) is 4.35. The van der Waals surface area contributed by atoms with Crippen molar-refractivity contribution in [3.8, 4) is 0 Å². The first-order chi connectivity index (χ1) is 9.49. The molecule has 0 unspecified atom stereocenters. The molecule has 3 N–H and O–H groups in total. The maximum Gasteiger partial charge on any atom is 0.166 e. The third-order valence-corrected chi connectivity index (χ3v) is 3.74. The van der Waals surface area contributed by atoms with Crippen molar-refractivity contribution in [2.45, 2.75) is 27.7 Å². The van der Waals surface area contributed by atoms with Gasteiger partial charge in [0.2, 0.25) is 0 Å². The molecule has 0 radical (unpaired) electrons. The number of aromatic nitrogens is 3. The van der Waals surface area contributed by atoms with Crippen LogP contribution in [-0.2, 0) is 0 Å². The lowest BCUT2D eigenvalue weighted by Gasteiger charge is -2.25. The van der Waals surface area contributed by atoms with Gasteiger partial charge in [-0.3, -0.25) is 0 Å². The molecule has 0 fully saturated rings. The number of anilines is 2. The second-order valence-electron chi connectivity index (χ2n) is 5.86. The number of nitrogens with two attached hydrogens (primary N) is 1. The minimum Gasteiger partial charge on any atom is -0.384 e. The summed E-state index contributed by atoms with van der Waals surface area (Å²) in [6.07, 6.45) is 1.52. The van der Waals surface area contributed by atoms with E-state index in [0.29, 0.717) is 29.2 Å². The van der Waals surface area contributed by atoms with Crippen LogP contribution in [0.2, 0.25) is 0 Å². The highest BCUT2D eigenvalue weighted by Gasteiger charge is 2.17. The van der Waals surface area contributed by atoms with Crippen LogP contribution >= 0.6 is 0 Å². The van der Waals surface area contributed by atoms with Gasteiger partial charge in [0.05, 0.1) is 5.39 Å². The predicted octanol–water partition coefficient (Wildman–Crippen LogP) is 2.95. The summed E-state index contributed by atoms with van der Waals surface area (Å²) in [7, 11) is 0. The Hall–Kier alpha value is -1.91. The quantitative estimate of drug-likeness (QED) is 0.876. The van der Waals surface area contributed by atoms with Crippen LogP contribution in [0.5, 0.6) is 0 Å². The van der Waals surface area contributed by atoms with Gasteiger partial charge in [-0.15, -0.1) is 0 Å². The Balaban J connectivity index is 2.21. The number of nitrogens with one attached hydrogen (secondary N) is 1. The Bertz CT molecular complexity index is 571. The van der Waals surface area contributed by atoms with E-state index in [9.17, 15) is 0 Å². The maximum atomic E-state index is 5.68. The van der Waals surface area contributed by atoms with Crippen molar-refractivity contribution < 1.29 is 0 Å². The third kappa shape index (κ3) is 3.15. The zero-order valence-electron chi connectivity index (χ0n) is 12.6. The molecular weight excluding hydrogens is 250 g/mol. The van der Waals surface area contributed by atoms with Crippen molar-refractivity contribution in [1.29, 1.82) is 0 Å². The Labute approximate surface area is 120 Å². The minimum absolute atomic E-state index is 0.476. The van der Waals surface area contributed by atoms with E-state index in [1.54, 1.807) is 6.07 Å². The monoisotopic (exact) mass is 273 g/mol. The largest absolute Gasteiger partial charge is 0.384 e. The van der Waals surface area contributed by atoms with Gasteiger partial charge in [0.25, 0.3) is 0 Å². The maximum absolute atomic E-state index is 5.68. The summed E-state index contributed by atoms with van der Waals surface area (Å²) in [5.74, 6) is 3.16. The van der Waals surface area contributed by atoms with Crippen LogP contribution in [-0.4, -0.2) is 21.5 Å². The van der Waals surface area contributed by atoms with Crippen molar-refractivity contribution >= 4 is 22.7 Å². The van der Waals surface area contributed by atoms with E-state index in [-0.39, 0.29) is 0 Å². The first kappa shape index (κ1) is 14.5. The highest BCUT2D eigenvalue weighted by Crippen LogP contribution is 2.23. The molecule has 0 atom stereocenters. The lowest BCUT2D eigenvalue weighted by Crippen LogP contribution is -2.25. The van der Waals surface area contributed by atoms with Crippen molar-refractivity contribution in [3.63, 3.8) is 0 Å². The van der Waals surface area contributed by atoms with E-state index in [1.807, 2.05) is 6.07 Å². The van der Waals surface area contributed by atoms with Crippen molar-refractivity contribution in [3.05, 3.63) is 18.5 Å². The average molecular weight is 273 g/mol. The van der Waals surface area contributed by atoms with Gasteiger partial charge in [0.1, 0.15) is 18.0 Å². The van der Waals surface area contributed by atoms with Crippen LogP contribution in [0.3, 0.4) is 0 Å². The van der Waals surface area contributed by atoms with Gasteiger partial charge in [-0.25, -0.2) is 15.0 Å². The SMILES string of the molecule is CC(C)C(CNc1ncnc2nc(N)ccc12)C(C)C. The summed E-state index contributed by atoms with van der Waals surface area (Å²) in [6.45, 7) is 9.92. The van der Waals surface area contributed by atoms with Crippen LogP contribution < -0.4 is 11.1 Å². The number of rotatable bonds is 5. The van der Waals surface area contributed by atoms with Gasteiger partial charge in [-0.2, -0.15) is 0 Å². The Morgan fingerprint density at radius 3 is 2.45 bits per heavy atom. The average Bonchev–Trinajstić information content (AvgIpc) is 2.37. The zero-order chi connectivity index (χ0) is 14.7. The van der Waals surface area contributed by atoms with E-state index in [4.69, 9.17) is 5.73 Å². The minimum atomic E-state index is 0.476. The first-order valence-corrected chi connectivity index (χ1v) is 7.10. The fraction of sp³-hybridized carbons (Fsp3) is 0.533. The molecule has 0 bridgehead atoms. The van der Waals surface area contributed by atoms with Gasteiger partial charge < -0.3 is 11.1 Å². The molecule has 0 aliphatic heterocycles. The molecule has 2 rings (SSSR count). The summed E-state index contributed by atoms with van der Waals surface area (Å²) in [6, 6.07) is 3.69. The number of nitrogens with zero attached hydrogens (tertiary/aromatic N) is 3. The molecule has 5 heteroatoms. The molecular formula is C15H23N5. The third-order valence-electron chi connectivity index (χ3n) is 3.74. The van der Waals surface area contributed by atoms with Crippen LogP contribution in [0, 0.1) is 17.8 Å². The molecule has 0 saturated carbocycles. The van der Waals surface area contributed by atoms with E-state index < -0.39 is 0 Å². The number of hydrogen-bond donors (Lipinski definition) is 2. The lowest BCUT2D eigenvalue weighted by molar-refractivity contribution is 0.304. The highest BCUT2D eigenvalue weighted by atomic mass is 15.0. The molecule has 108 valence electrons. The highest BCUT2D eigenvalue weighted by molar-refractivity contribution is 5.86. The molecule has 0 saturated heterocycles. The van der Waals surface area contributed by atoms with E-state index in [2.05, 4.69) is 48.0 Å². The standard InChI is InChI=1S/C15H23N5/c1-9(2)12(10(3)4)7-17-14-11-5-6-13(16)20-15(11)19-8-18-14/h5-6,8-10,12H,7H2,1-4H3,(H3,16,17,18,19,20). The summed E-state index contributed by atoms with van der Waals surface area (Å²) in [4.78, 5) is 12.7. The fourth-order valence-electron chi connectivity index (χ4n) is 2.55. The number of hydrogen-bond acceptors (Lipinski definition) is 5. The molecule has 20 heavy (non-hydrogen) atoms. The van der Waals surface area contributed by atoms with Crippen LogP contribution in [0.4, 0.5) is 11.6 Å². The molecule has 2 aromatic heterocycles. The smallest absolute Gasteiger partial charge is 0.166 e. The fourth-order valence-corrected chi connectivity index (χ4v) is 2.55. The van der Waals surface area contributed by atoms with Crippen LogP contribution in [0.15, 0.2) is 18.5 Å². The molecule has 2 heterocycles. The van der Waals surface area contributed by atoms with Gasteiger partial charge in [-0.05, 0) is 29.9 Å². The van der Waals surface area contributed by atoms with E-state index in [0.717, 1.165) is 17.7 Å². The van der Waals surface area contributed by atoms with Gasteiger partial charge >= 0.3 is 0 Å². The van der Waals surface area contributed by atoms with Crippen LogP contribution in [0.1, 0.15) is 27.7 Å². The van der Waals surface area contributed by atoms with E-state index >= 15 is 0 Å². The molecule has 0 amide bonds. The Morgan fingerprint density at radius 1 is 1.10 bits per heavy atom. The van der Waals surface area contributed by atoms with Crippen molar-refractivity contribution in [2.24, 2.45) is 17.8 Å². The normalized spacial score (nSPS) is 11.8. The predicted molar refractivity (Wildman–Crippen MR) is 83.4 cm³/mol. The number of pyridine rings is 1. The summed E-state index contributed by atoms with van der Waals surface area (Å²) < 4.78 is 0. The molecule has 5 nitrogen and oxygen atoms in total. The van der Waals surface area contributed by atoms with Crippen molar-refractivity contribution in [2.75, 3.05) is 17.6 Å². The van der Waals surface area contributed by atoms with E-state index in [1.165, 1.54) is 6.33 Å². The number of nitrogen functional groups attached to an aromatic ring is 1. The van der Waals surface area contributed by atoms with Crippen molar-refractivity contribution in [1.82, 2.24) is 15.0 Å². The first-order valence-electron chi connectivity index (χ1n) is 7.10. The van der Waals surface area contributed by atoms with Gasteiger partial charge in [0.15, 0.2) is 5.65 Å². The second-order valence-corrected chi connectivity index (χ2v) is 5.86. The second kappa shape index (κ2) is 6.03. The van der Waals surface area contributed by atoms with Crippen LogP contribution in [0.25, 0.3) is 11.0 Å².